The fraction of sp³-hybridized carbons (Fsp3) is 0. The maximum Gasteiger partial charge on any atom is 0.328 e. The van der Waals surface area contributed by atoms with E-state index in [1.165, 1.54) is 18.2 Å². The quantitative estimate of drug-likeness (QED) is 0.608. The van der Waals surface area contributed by atoms with Gasteiger partial charge in [-0.15, -0.1) is 0 Å². The first kappa shape index (κ1) is 10.9. The Kier molecular flexibility index (Phi) is 3.38. The van der Waals surface area contributed by atoms with Crippen LogP contribution in [0.4, 0.5) is 5.69 Å². The van der Waals surface area contributed by atoms with Gasteiger partial charge in [0.15, 0.2) is 0 Å². The largest absolute Gasteiger partial charge is 0.478 e. The number of carbonyl (C=O) groups is 1. The summed E-state index contributed by atoms with van der Waals surface area (Å²) in [5.41, 5.74) is 6.36. The van der Waals surface area contributed by atoms with Crippen LogP contribution >= 0.6 is 23.2 Å². The smallest absolute Gasteiger partial charge is 0.328 e. The summed E-state index contributed by atoms with van der Waals surface area (Å²) < 4.78 is 0. The minimum absolute atomic E-state index is 0.326. The Hall–Kier alpha value is -1.19. The van der Waals surface area contributed by atoms with Crippen LogP contribution in [-0.2, 0) is 4.79 Å². The molecule has 0 aliphatic rings. The van der Waals surface area contributed by atoms with Gasteiger partial charge in [0.05, 0.1) is 10.0 Å². The molecule has 0 saturated carbocycles. The topological polar surface area (TPSA) is 63.3 Å². The van der Waals surface area contributed by atoms with Crippen molar-refractivity contribution < 1.29 is 9.90 Å². The number of nitrogens with two attached hydrogens (primary N) is 1. The molecule has 0 aliphatic heterocycles. The number of hydrogen-bond donors (Lipinski definition) is 2. The summed E-state index contributed by atoms with van der Waals surface area (Å²) in [6, 6.07) is 3.02. The summed E-state index contributed by atoms with van der Waals surface area (Å²) in [7, 11) is 0. The molecule has 0 amide bonds. The zero-order valence-electron chi connectivity index (χ0n) is 7.00. The van der Waals surface area contributed by atoms with Crippen LogP contribution in [0, 0.1) is 0 Å². The van der Waals surface area contributed by atoms with E-state index in [4.69, 9.17) is 34.0 Å². The molecule has 0 radical (unpaired) electrons. The molecule has 0 aromatic heterocycles. The molecule has 0 fully saturated rings. The van der Waals surface area contributed by atoms with Gasteiger partial charge in [0.2, 0.25) is 0 Å². The highest BCUT2D eigenvalue weighted by molar-refractivity contribution is 6.37. The van der Waals surface area contributed by atoms with E-state index in [1.807, 2.05) is 0 Å². The van der Waals surface area contributed by atoms with Crippen LogP contribution in [0.1, 0.15) is 5.56 Å². The molecule has 0 heterocycles. The van der Waals surface area contributed by atoms with Gasteiger partial charge >= 0.3 is 5.97 Å². The Morgan fingerprint density at radius 1 is 1.36 bits per heavy atom. The van der Waals surface area contributed by atoms with Gasteiger partial charge in [-0.1, -0.05) is 23.2 Å². The Morgan fingerprint density at radius 2 is 1.86 bits per heavy atom. The zero-order chi connectivity index (χ0) is 10.7. The van der Waals surface area contributed by atoms with Crippen LogP contribution in [0.5, 0.6) is 0 Å². The van der Waals surface area contributed by atoms with Crippen LogP contribution in [0.25, 0.3) is 6.08 Å². The molecule has 0 unspecified atom stereocenters. The van der Waals surface area contributed by atoms with Crippen LogP contribution in [-0.4, -0.2) is 11.1 Å². The molecular weight excluding hydrogens is 225 g/mol. The van der Waals surface area contributed by atoms with E-state index in [2.05, 4.69) is 0 Å². The van der Waals surface area contributed by atoms with E-state index >= 15 is 0 Å². The molecule has 0 saturated heterocycles. The fourth-order valence-corrected chi connectivity index (χ4v) is 1.55. The van der Waals surface area contributed by atoms with Crippen LogP contribution in [0.3, 0.4) is 0 Å². The number of halogens is 2. The molecule has 1 aromatic rings. The second-order valence-electron chi connectivity index (χ2n) is 2.57. The third-order valence-corrected chi connectivity index (χ3v) is 2.12. The van der Waals surface area contributed by atoms with Crippen molar-refractivity contribution in [2.45, 2.75) is 0 Å². The molecule has 0 atom stereocenters. The lowest BCUT2D eigenvalue weighted by molar-refractivity contribution is -0.131. The number of anilines is 1. The third kappa shape index (κ3) is 2.65. The van der Waals surface area contributed by atoms with E-state index in [9.17, 15) is 4.79 Å². The molecule has 3 N–H and O–H groups in total. The van der Waals surface area contributed by atoms with Crippen LogP contribution in [0.2, 0.25) is 10.0 Å². The molecule has 3 nitrogen and oxygen atoms in total. The lowest BCUT2D eigenvalue weighted by atomic mass is 10.2. The monoisotopic (exact) mass is 231 g/mol. The van der Waals surface area contributed by atoms with Gasteiger partial charge in [-0.25, -0.2) is 4.79 Å². The van der Waals surface area contributed by atoms with Crippen molar-refractivity contribution in [1.29, 1.82) is 0 Å². The SMILES string of the molecule is Nc1cc(Cl)c(C=CC(=O)O)c(Cl)c1. The molecule has 1 aromatic carbocycles. The standard InChI is InChI=1S/C9H7Cl2NO2/c10-7-3-5(12)4-8(11)6(7)1-2-9(13)14/h1-4H,12H2,(H,13,14). The van der Waals surface area contributed by atoms with E-state index < -0.39 is 5.97 Å². The zero-order valence-corrected chi connectivity index (χ0v) is 8.51. The number of benzene rings is 1. The van der Waals surface area contributed by atoms with E-state index in [0.29, 0.717) is 21.3 Å². The summed E-state index contributed by atoms with van der Waals surface area (Å²) >= 11 is 11.6. The van der Waals surface area contributed by atoms with Crippen molar-refractivity contribution in [2.75, 3.05) is 5.73 Å². The van der Waals surface area contributed by atoms with Gasteiger partial charge in [-0.05, 0) is 18.2 Å². The van der Waals surface area contributed by atoms with Crippen molar-refractivity contribution in [3.8, 4) is 0 Å². The average Bonchev–Trinajstić information content (AvgIpc) is 2.01. The second kappa shape index (κ2) is 4.35. The van der Waals surface area contributed by atoms with Gasteiger partial charge in [0, 0.05) is 17.3 Å². The predicted octanol–water partition coefficient (Wildman–Crippen LogP) is 2.67. The summed E-state index contributed by atoms with van der Waals surface area (Å²) in [5.74, 6) is -1.06. The third-order valence-electron chi connectivity index (χ3n) is 1.49. The first-order valence-corrected chi connectivity index (χ1v) is 4.42. The first-order chi connectivity index (χ1) is 6.50. The van der Waals surface area contributed by atoms with E-state index in [-0.39, 0.29) is 0 Å². The summed E-state index contributed by atoms with van der Waals surface area (Å²) in [5, 5.41) is 9.07. The second-order valence-corrected chi connectivity index (χ2v) is 3.38. The highest BCUT2D eigenvalue weighted by atomic mass is 35.5. The molecular formula is C9H7Cl2NO2. The fourth-order valence-electron chi connectivity index (χ4n) is 0.918. The summed E-state index contributed by atoms with van der Waals surface area (Å²) in [6.45, 7) is 0. The highest BCUT2D eigenvalue weighted by Crippen LogP contribution is 2.28. The molecule has 0 aliphatic carbocycles. The maximum absolute atomic E-state index is 10.3. The minimum atomic E-state index is -1.06. The Bertz CT molecular complexity index is 379. The predicted molar refractivity (Wildman–Crippen MR) is 57.5 cm³/mol. The van der Waals surface area contributed by atoms with Gasteiger partial charge in [-0.2, -0.15) is 0 Å². The Labute approximate surface area is 90.7 Å². The number of hydrogen-bond acceptors (Lipinski definition) is 2. The summed E-state index contributed by atoms with van der Waals surface area (Å²) in [6.07, 6.45) is 2.29. The number of carboxylic acid groups (broad SMARTS) is 1. The average molecular weight is 232 g/mol. The first-order valence-electron chi connectivity index (χ1n) is 3.66. The van der Waals surface area contributed by atoms with Crippen molar-refractivity contribution in [2.24, 2.45) is 0 Å². The molecule has 74 valence electrons. The number of carboxylic acids is 1. The Balaban J connectivity index is 3.15. The number of aliphatic carboxylic acids is 1. The number of nitrogen functional groups attached to an aromatic ring is 1. The van der Waals surface area contributed by atoms with Crippen molar-refractivity contribution in [1.82, 2.24) is 0 Å². The molecule has 0 spiro atoms. The molecule has 14 heavy (non-hydrogen) atoms. The lowest BCUT2D eigenvalue weighted by Gasteiger charge is -2.02. The molecule has 0 bridgehead atoms. The van der Waals surface area contributed by atoms with Crippen molar-refractivity contribution in [3.05, 3.63) is 33.8 Å². The highest BCUT2D eigenvalue weighted by Gasteiger charge is 2.04. The van der Waals surface area contributed by atoms with Crippen LogP contribution in [0.15, 0.2) is 18.2 Å². The van der Waals surface area contributed by atoms with Gasteiger partial charge < -0.3 is 10.8 Å². The van der Waals surface area contributed by atoms with E-state index in [0.717, 1.165) is 6.08 Å². The number of rotatable bonds is 2. The molecule has 5 heteroatoms. The lowest BCUT2D eigenvalue weighted by Crippen LogP contribution is -1.89. The van der Waals surface area contributed by atoms with Crippen molar-refractivity contribution >= 4 is 40.9 Å². The van der Waals surface area contributed by atoms with Crippen molar-refractivity contribution in [3.63, 3.8) is 0 Å². The van der Waals surface area contributed by atoms with E-state index in [1.54, 1.807) is 0 Å². The van der Waals surface area contributed by atoms with Crippen LogP contribution < -0.4 is 5.73 Å². The Morgan fingerprint density at radius 3 is 2.29 bits per heavy atom. The van der Waals surface area contributed by atoms with Gasteiger partial charge in [0.1, 0.15) is 0 Å². The van der Waals surface area contributed by atoms with Gasteiger partial charge in [0.25, 0.3) is 0 Å². The normalized spacial score (nSPS) is 10.7. The van der Waals surface area contributed by atoms with Gasteiger partial charge in [-0.3, -0.25) is 0 Å². The summed E-state index contributed by atoms with van der Waals surface area (Å²) in [4.78, 5) is 10.3. The molecule has 1 rings (SSSR count). The minimum Gasteiger partial charge on any atom is -0.478 e. The maximum atomic E-state index is 10.3.